The summed E-state index contributed by atoms with van der Waals surface area (Å²) in [6, 6.07) is 70.3. The summed E-state index contributed by atoms with van der Waals surface area (Å²) >= 11 is 0. The highest BCUT2D eigenvalue weighted by Crippen LogP contribution is 2.41. The SMILES string of the molecule is c1ccc2cc(-c3cc(-c4ccc5ccccc5c4)nc(-c4ccc(-c5ccc(-c6nc7ccccc7c7c6ccc6c8ccccc8oc67)cc5)cc4)n3)ccc2c1. The van der Waals surface area contributed by atoms with Gasteiger partial charge in [-0.05, 0) is 69.1 Å². The largest absolute Gasteiger partial charge is 0.455 e. The number of hydrogen-bond acceptors (Lipinski definition) is 4. The summed E-state index contributed by atoms with van der Waals surface area (Å²) < 4.78 is 6.54. The quantitative estimate of drug-likeness (QED) is 0.164. The Hall–Kier alpha value is -7.95. The van der Waals surface area contributed by atoms with E-state index in [1.807, 2.05) is 18.2 Å². The summed E-state index contributed by atoms with van der Waals surface area (Å²) in [6.45, 7) is 0. The molecule has 0 fully saturated rings. The molecule has 0 spiro atoms. The van der Waals surface area contributed by atoms with Crippen LogP contribution in [0.2, 0.25) is 0 Å². The highest BCUT2D eigenvalue weighted by atomic mass is 16.3. The first kappa shape index (κ1) is 33.2. The van der Waals surface area contributed by atoms with Gasteiger partial charge in [-0.3, -0.25) is 0 Å². The predicted octanol–water partition coefficient (Wildman–Crippen LogP) is 14.7. The molecule has 3 aromatic heterocycles. The summed E-state index contributed by atoms with van der Waals surface area (Å²) in [5, 5.41) is 10.3. The van der Waals surface area contributed by atoms with Crippen LogP contribution in [0.5, 0.6) is 0 Å². The minimum Gasteiger partial charge on any atom is -0.455 e. The molecule has 0 aliphatic rings. The standard InChI is InChI=1S/C55H33N3O/c1-3-11-40-31-42(27-21-34(40)9-1)49-33-50(43-28-22-35-10-2-4-12-41(35)32-43)58-55(57-49)39-25-19-37(20-26-39)36-17-23-38(24-18-36)53-47-30-29-45-44-13-6-8-16-51(44)59-54(45)52(47)46-14-5-7-15-48(46)56-53/h1-33H. The van der Waals surface area contributed by atoms with Gasteiger partial charge < -0.3 is 4.42 Å². The van der Waals surface area contributed by atoms with E-state index in [4.69, 9.17) is 19.4 Å². The molecule has 4 heteroatoms. The normalized spacial score (nSPS) is 11.7. The molecule has 12 rings (SSSR count). The Morgan fingerprint density at radius 1 is 0.322 bits per heavy atom. The molecule has 0 unspecified atom stereocenters. The maximum atomic E-state index is 6.54. The summed E-state index contributed by atoms with van der Waals surface area (Å²) in [5.41, 5.74) is 11.8. The minimum atomic E-state index is 0.688. The number of furan rings is 1. The van der Waals surface area contributed by atoms with Crippen LogP contribution in [0, 0.1) is 0 Å². The van der Waals surface area contributed by atoms with Gasteiger partial charge in [0.05, 0.1) is 22.6 Å². The monoisotopic (exact) mass is 751 g/mol. The Balaban J connectivity index is 0.922. The lowest BCUT2D eigenvalue weighted by Gasteiger charge is -2.12. The van der Waals surface area contributed by atoms with E-state index in [0.717, 1.165) is 94.1 Å². The molecule has 3 heterocycles. The maximum absolute atomic E-state index is 6.54. The van der Waals surface area contributed by atoms with Crippen LogP contribution < -0.4 is 0 Å². The van der Waals surface area contributed by atoms with Crippen molar-refractivity contribution in [3.63, 3.8) is 0 Å². The number of para-hydroxylation sites is 2. The molecule has 0 N–H and O–H groups in total. The van der Waals surface area contributed by atoms with Crippen molar-refractivity contribution in [3.8, 4) is 56.3 Å². The fourth-order valence-corrected chi connectivity index (χ4v) is 8.64. The van der Waals surface area contributed by atoms with Gasteiger partial charge in [0.25, 0.3) is 0 Å². The lowest BCUT2D eigenvalue weighted by molar-refractivity contribution is 0.673. The number of aromatic nitrogens is 3. The molecule has 0 saturated carbocycles. The first-order chi connectivity index (χ1) is 29.2. The van der Waals surface area contributed by atoms with Crippen LogP contribution in [0.1, 0.15) is 0 Å². The molecule has 274 valence electrons. The van der Waals surface area contributed by atoms with Gasteiger partial charge in [-0.15, -0.1) is 0 Å². The Morgan fingerprint density at radius 3 is 1.49 bits per heavy atom. The molecule has 0 radical (unpaired) electrons. The average molecular weight is 752 g/mol. The zero-order valence-electron chi connectivity index (χ0n) is 31.8. The van der Waals surface area contributed by atoms with Crippen molar-refractivity contribution < 1.29 is 4.42 Å². The van der Waals surface area contributed by atoms with E-state index in [1.54, 1.807) is 0 Å². The molecule has 0 bridgehead atoms. The van der Waals surface area contributed by atoms with Gasteiger partial charge in [0.1, 0.15) is 11.2 Å². The fourth-order valence-electron chi connectivity index (χ4n) is 8.64. The van der Waals surface area contributed by atoms with E-state index in [1.165, 1.54) is 21.5 Å². The summed E-state index contributed by atoms with van der Waals surface area (Å²) in [4.78, 5) is 15.6. The first-order valence-corrected chi connectivity index (χ1v) is 19.9. The van der Waals surface area contributed by atoms with Gasteiger partial charge in [0.2, 0.25) is 0 Å². The topological polar surface area (TPSA) is 51.8 Å². The fraction of sp³-hybridized carbons (Fsp3) is 0. The maximum Gasteiger partial charge on any atom is 0.160 e. The Kier molecular flexibility index (Phi) is 7.50. The molecule has 4 nitrogen and oxygen atoms in total. The number of rotatable bonds is 5. The van der Waals surface area contributed by atoms with Crippen LogP contribution >= 0.6 is 0 Å². The third kappa shape index (κ3) is 5.65. The average Bonchev–Trinajstić information content (AvgIpc) is 3.70. The summed E-state index contributed by atoms with van der Waals surface area (Å²) in [5.74, 6) is 0.688. The van der Waals surface area contributed by atoms with Crippen molar-refractivity contribution in [1.82, 2.24) is 15.0 Å². The van der Waals surface area contributed by atoms with Gasteiger partial charge in [0, 0.05) is 49.2 Å². The van der Waals surface area contributed by atoms with E-state index >= 15 is 0 Å². The molecule has 12 aromatic rings. The van der Waals surface area contributed by atoms with E-state index in [2.05, 4.69) is 182 Å². The second kappa shape index (κ2) is 13.3. The molecule has 0 saturated heterocycles. The van der Waals surface area contributed by atoms with E-state index in [9.17, 15) is 0 Å². The minimum absolute atomic E-state index is 0.688. The molecule has 9 aromatic carbocycles. The van der Waals surface area contributed by atoms with Crippen LogP contribution in [0.15, 0.2) is 205 Å². The van der Waals surface area contributed by atoms with Crippen LogP contribution in [-0.2, 0) is 0 Å². The Labute approximate surface area is 339 Å². The molecular weight excluding hydrogens is 719 g/mol. The van der Waals surface area contributed by atoms with Gasteiger partial charge in [-0.1, -0.05) is 164 Å². The number of hydrogen-bond donors (Lipinski definition) is 0. The third-order valence-corrected chi connectivity index (χ3v) is 11.7. The smallest absolute Gasteiger partial charge is 0.160 e. The lowest BCUT2D eigenvalue weighted by atomic mass is 9.96. The molecule has 0 aliphatic heterocycles. The molecular formula is C55H33N3O. The van der Waals surface area contributed by atoms with Crippen molar-refractivity contribution in [2.45, 2.75) is 0 Å². The van der Waals surface area contributed by atoms with Crippen LogP contribution in [-0.4, -0.2) is 15.0 Å². The lowest BCUT2D eigenvalue weighted by Crippen LogP contribution is -1.96. The summed E-state index contributed by atoms with van der Waals surface area (Å²) in [7, 11) is 0. The van der Waals surface area contributed by atoms with Crippen LogP contribution in [0.25, 0.3) is 121 Å². The van der Waals surface area contributed by atoms with Crippen molar-refractivity contribution >= 4 is 65.2 Å². The summed E-state index contributed by atoms with van der Waals surface area (Å²) in [6.07, 6.45) is 0. The van der Waals surface area contributed by atoms with Gasteiger partial charge in [-0.2, -0.15) is 0 Å². The zero-order chi connectivity index (χ0) is 38.9. The second-order valence-corrected chi connectivity index (χ2v) is 15.2. The first-order valence-electron chi connectivity index (χ1n) is 19.9. The Morgan fingerprint density at radius 2 is 0.831 bits per heavy atom. The van der Waals surface area contributed by atoms with Crippen molar-refractivity contribution in [2.75, 3.05) is 0 Å². The van der Waals surface area contributed by atoms with Gasteiger partial charge in [-0.25, -0.2) is 15.0 Å². The Bertz CT molecular complexity index is 3510. The third-order valence-electron chi connectivity index (χ3n) is 11.7. The van der Waals surface area contributed by atoms with E-state index < -0.39 is 0 Å². The van der Waals surface area contributed by atoms with Crippen molar-refractivity contribution in [1.29, 1.82) is 0 Å². The van der Waals surface area contributed by atoms with Crippen LogP contribution in [0.3, 0.4) is 0 Å². The molecule has 59 heavy (non-hydrogen) atoms. The van der Waals surface area contributed by atoms with Gasteiger partial charge >= 0.3 is 0 Å². The van der Waals surface area contributed by atoms with Crippen LogP contribution in [0.4, 0.5) is 0 Å². The van der Waals surface area contributed by atoms with Crippen molar-refractivity contribution in [2.24, 2.45) is 0 Å². The molecule has 0 amide bonds. The number of pyridine rings is 1. The number of fused-ring (bicyclic) bond motifs is 9. The predicted molar refractivity (Wildman–Crippen MR) is 244 cm³/mol. The van der Waals surface area contributed by atoms with E-state index in [-0.39, 0.29) is 0 Å². The second-order valence-electron chi connectivity index (χ2n) is 15.2. The molecule has 0 aliphatic carbocycles. The van der Waals surface area contributed by atoms with E-state index in [0.29, 0.717) is 5.82 Å². The zero-order valence-corrected chi connectivity index (χ0v) is 31.8. The number of nitrogens with zero attached hydrogens (tertiary/aromatic N) is 3. The van der Waals surface area contributed by atoms with Crippen molar-refractivity contribution in [3.05, 3.63) is 200 Å². The van der Waals surface area contributed by atoms with Gasteiger partial charge in [0.15, 0.2) is 5.82 Å². The highest BCUT2D eigenvalue weighted by Gasteiger charge is 2.18. The number of benzene rings is 9. The highest BCUT2D eigenvalue weighted by molar-refractivity contribution is 6.24. The molecule has 0 atom stereocenters.